The Kier molecular flexibility index (Phi) is 11.6. The third-order valence-electron chi connectivity index (χ3n) is 8.55. The fourth-order valence-corrected chi connectivity index (χ4v) is 6.34. The Labute approximate surface area is 294 Å². The maximum Gasteiger partial charge on any atom is 0.148 e. The number of nitrogens with zero attached hydrogens (tertiary/aromatic N) is 3. The van der Waals surface area contributed by atoms with Crippen LogP contribution in [-0.2, 0) is 20.1 Å². The van der Waals surface area contributed by atoms with Crippen molar-refractivity contribution in [1.82, 2.24) is 14.5 Å². The number of benzene rings is 4. The minimum atomic E-state index is 0. The molecule has 47 heavy (non-hydrogen) atoms. The summed E-state index contributed by atoms with van der Waals surface area (Å²) in [5.74, 6) is 2.35. The molecule has 0 aliphatic heterocycles. The summed E-state index contributed by atoms with van der Waals surface area (Å²) in [4.78, 5) is 9.17. The van der Waals surface area contributed by atoms with Crippen molar-refractivity contribution < 1.29 is 25.2 Å². The van der Waals surface area contributed by atoms with Crippen molar-refractivity contribution in [3.8, 4) is 34.1 Å². The first kappa shape index (κ1) is 35.8. The third kappa shape index (κ3) is 7.75. The average Bonchev–Trinajstić information content (AvgIpc) is 3.49. The number of aromatic hydroxyl groups is 1. The van der Waals surface area contributed by atoms with E-state index < -0.39 is 0 Å². The monoisotopic (exact) mass is 801 g/mol. The summed E-state index contributed by atoms with van der Waals surface area (Å²) >= 11 is 0. The second kappa shape index (κ2) is 15.2. The van der Waals surface area contributed by atoms with Crippen molar-refractivity contribution in [2.24, 2.45) is 0 Å². The van der Waals surface area contributed by atoms with Gasteiger partial charge in [-0.1, -0.05) is 97.9 Å². The molecule has 4 aromatic carbocycles. The van der Waals surface area contributed by atoms with Crippen LogP contribution in [-0.4, -0.2) is 19.6 Å². The van der Waals surface area contributed by atoms with Crippen LogP contribution in [0.5, 0.6) is 5.75 Å². The number of aryl methyl sites for hydroxylation is 3. The van der Waals surface area contributed by atoms with Crippen LogP contribution < -0.4 is 0 Å². The molecule has 5 heteroatoms. The zero-order valence-electron chi connectivity index (χ0n) is 29.0. The van der Waals surface area contributed by atoms with Gasteiger partial charge < -0.3 is 10.1 Å². The molecule has 0 aliphatic carbocycles. The van der Waals surface area contributed by atoms with E-state index in [2.05, 4.69) is 131 Å². The molecular formula is C42H46IrN3O-. The number of pyridine rings is 1. The molecule has 6 aromatic rings. The summed E-state index contributed by atoms with van der Waals surface area (Å²) < 4.78 is 2.11. The van der Waals surface area contributed by atoms with Crippen molar-refractivity contribution in [3.05, 3.63) is 131 Å². The smallest absolute Gasteiger partial charge is 0.148 e. The van der Waals surface area contributed by atoms with Crippen LogP contribution in [0.25, 0.3) is 39.1 Å². The number of rotatable bonds is 6. The first-order valence-corrected chi connectivity index (χ1v) is 16.3. The maximum atomic E-state index is 10.3. The van der Waals surface area contributed by atoms with Crippen LogP contribution in [0.3, 0.4) is 0 Å². The summed E-state index contributed by atoms with van der Waals surface area (Å²) in [6.45, 7) is 19.7. The number of hydrogen-bond acceptors (Lipinski definition) is 3. The van der Waals surface area contributed by atoms with Gasteiger partial charge in [-0.05, 0) is 81.6 Å². The van der Waals surface area contributed by atoms with Gasteiger partial charge in [0.2, 0.25) is 0 Å². The molecule has 0 amide bonds. The van der Waals surface area contributed by atoms with E-state index in [-0.39, 0.29) is 25.9 Å². The molecule has 0 saturated carbocycles. The molecule has 4 nitrogen and oxygen atoms in total. The standard InChI is InChI=1S/C21H24N2O.C21H22N.Ir/c1-14(2)16-9-7-10-17(15(3)4)20(16)23-13-12-22-21(23)18-8-5-6-11-19(18)24;1-13(2)19-12-17-6-7-22-21(20(17)11-16(19)5)18-9-14(3)8-15(4)10-18;/h5-15,24H,1-4H3;6-9,11-13H,1-5H3;/q;-1;. The Morgan fingerprint density at radius 3 is 1.98 bits per heavy atom. The van der Waals surface area contributed by atoms with E-state index in [0.29, 0.717) is 17.8 Å². The molecule has 0 saturated heterocycles. The van der Waals surface area contributed by atoms with Crippen molar-refractivity contribution in [2.45, 2.75) is 80.1 Å². The molecule has 1 radical (unpaired) electrons. The van der Waals surface area contributed by atoms with Gasteiger partial charge in [0.1, 0.15) is 11.6 Å². The molecule has 6 rings (SSSR count). The van der Waals surface area contributed by atoms with E-state index in [9.17, 15) is 5.11 Å². The second-order valence-corrected chi connectivity index (χ2v) is 13.2. The van der Waals surface area contributed by atoms with E-state index in [4.69, 9.17) is 0 Å². The molecule has 2 aromatic heterocycles. The SMILES string of the molecule is CC(C)c1cccc(C(C)C)c1-n1ccnc1-c1ccccc1O.Cc1[c-]c(-c2nccc3cc(C(C)C)c(C)cc23)cc(C)c1.[Ir]. The van der Waals surface area contributed by atoms with Crippen molar-refractivity contribution >= 4 is 10.8 Å². The number of aromatic nitrogens is 3. The van der Waals surface area contributed by atoms with Gasteiger partial charge in [-0.2, -0.15) is 0 Å². The number of phenols is 1. The molecule has 0 fully saturated rings. The molecule has 245 valence electrons. The van der Waals surface area contributed by atoms with Gasteiger partial charge in [0, 0.05) is 38.7 Å². The third-order valence-corrected chi connectivity index (χ3v) is 8.55. The number of imidazole rings is 1. The van der Waals surface area contributed by atoms with Gasteiger partial charge in [-0.3, -0.25) is 4.57 Å². The van der Waals surface area contributed by atoms with E-state index in [1.54, 1.807) is 12.3 Å². The molecule has 0 spiro atoms. The van der Waals surface area contributed by atoms with Gasteiger partial charge in [0.05, 0.1) is 11.3 Å². The van der Waals surface area contributed by atoms with Gasteiger partial charge in [0.25, 0.3) is 0 Å². The minimum Gasteiger partial charge on any atom is -0.507 e. The predicted molar refractivity (Wildman–Crippen MR) is 193 cm³/mol. The minimum absolute atomic E-state index is 0. The second-order valence-electron chi connectivity index (χ2n) is 13.2. The quantitative estimate of drug-likeness (QED) is 0.171. The summed E-state index contributed by atoms with van der Waals surface area (Å²) in [7, 11) is 0. The van der Waals surface area contributed by atoms with E-state index in [1.165, 1.54) is 44.3 Å². The largest absolute Gasteiger partial charge is 0.507 e. The van der Waals surface area contributed by atoms with Crippen molar-refractivity contribution in [3.63, 3.8) is 0 Å². The zero-order valence-corrected chi connectivity index (χ0v) is 31.4. The fraction of sp³-hybridized carbons (Fsp3) is 0.286. The molecule has 0 atom stereocenters. The normalized spacial score (nSPS) is 11.1. The van der Waals surface area contributed by atoms with E-state index in [1.807, 2.05) is 30.6 Å². The Morgan fingerprint density at radius 1 is 0.702 bits per heavy atom. The van der Waals surface area contributed by atoms with Crippen molar-refractivity contribution in [1.29, 1.82) is 0 Å². The number of hydrogen-bond donors (Lipinski definition) is 1. The van der Waals surface area contributed by atoms with Gasteiger partial charge in [0.15, 0.2) is 0 Å². The summed E-state index contributed by atoms with van der Waals surface area (Å²) in [5, 5.41) is 12.7. The fourth-order valence-electron chi connectivity index (χ4n) is 6.34. The van der Waals surface area contributed by atoms with Gasteiger partial charge in [-0.15, -0.1) is 34.9 Å². The molecule has 2 heterocycles. The van der Waals surface area contributed by atoms with Gasteiger partial charge >= 0.3 is 0 Å². The molecular weight excluding hydrogens is 755 g/mol. The first-order chi connectivity index (χ1) is 22.0. The van der Waals surface area contributed by atoms with Crippen LogP contribution in [0, 0.1) is 26.8 Å². The summed E-state index contributed by atoms with van der Waals surface area (Å²) in [5.41, 5.74) is 11.8. The molecule has 1 N–H and O–H groups in total. The van der Waals surface area contributed by atoms with Crippen molar-refractivity contribution in [2.75, 3.05) is 0 Å². The number of phenolic OH excluding ortho intramolecular Hbond substituents is 1. The molecule has 0 unspecified atom stereocenters. The maximum absolute atomic E-state index is 10.3. The average molecular weight is 801 g/mol. The van der Waals surface area contributed by atoms with Crippen LogP contribution in [0.15, 0.2) is 91.4 Å². The Balaban J connectivity index is 0.000000209. The van der Waals surface area contributed by atoms with Crippen LogP contribution in [0.1, 0.15) is 92.7 Å². The topological polar surface area (TPSA) is 50.9 Å². The summed E-state index contributed by atoms with van der Waals surface area (Å²) in [6, 6.07) is 28.3. The van der Waals surface area contributed by atoms with Crippen LogP contribution >= 0.6 is 0 Å². The molecule has 0 aliphatic rings. The number of fused-ring (bicyclic) bond motifs is 1. The Hall–Kier alpha value is -4.05. The van der Waals surface area contributed by atoms with E-state index in [0.717, 1.165) is 28.2 Å². The van der Waals surface area contributed by atoms with E-state index >= 15 is 0 Å². The Bertz CT molecular complexity index is 1940. The zero-order chi connectivity index (χ0) is 33.1. The van der Waals surface area contributed by atoms with Crippen LogP contribution in [0.2, 0.25) is 0 Å². The van der Waals surface area contributed by atoms with Gasteiger partial charge in [-0.25, -0.2) is 4.98 Å². The molecule has 0 bridgehead atoms. The van der Waals surface area contributed by atoms with Crippen LogP contribution in [0.4, 0.5) is 0 Å². The Morgan fingerprint density at radius 2 is 1.36 bits per heavy atom. The first-order valence-electron chi connectivity index (χ1n) is 16.3. The summed E-state index contributed by atoms with van der Waals surface area (Å²) in [6.07, 6.45) is 5.68. The number of para-hydroxylation sites is 2. The predicted octanol–water partition coefficient (Wildman–Crippen LogP) is 11.2.